The third kappa shape index (κ3) is 4.15. The van der Waals surface area contributed by atoms with Crippen molar-refractivity contribution in [2.24, 2.45) is 5.92 Å². The minimum absolute atomic E-state index is 0.188. The van der Waals surface area contributed by atoms with Gasteiger partial charge in [0.2, 0.25) is 5.88 Å². The molecule has 1 saturated heterocycles. The van der Waals surface area contributed by atoms with E-state index >= 15 is 0 Å². The first-order valence-electron chi connectivity index (χ1n) is 8.54. The van der Waals surface area contributed by atoms with Crippen LogP contribution in [0.15, 0.2) is 6.07 Å². The maximum atomic E-state index is 9.26. The number of aryl methyl sites for hydroxylation is 2. The Kier molecular flexibility index (Phi) is 6.48. The monoisotopic (exact) mass is 343 g/mol. The van der Waals surface area contributed by atoms with Gasteiger partial charge in [0.15, 0.2) is 0 Å². The summed E-state index contributed by atoms with van der Waals surface area (Å²) in [5.74, 6) is 1.75. The Morgan fingerprint density at radius 2 is 2.04 bits per heavy atom. The van der Waals surface area contributed by atoms with Gasteiger partial charge in [-0.25, -0.2) is 15.0 Å². The normalized spacial score (nSPS) is 17.3. The predicted octanol–water partition coefficient (Wildman–Crippen LogP) is 2.65. The minimum atomic E-state index is -0.188. The summed E-state index contributed by atoms with van der Waals surface area (Å²) in [5, 5.41) is 10.0. The third-order valence-electron chi connectivity index (χ3n) is 3.81. The fourth-order valence-corrected chi connectivity index (χ4v) is 2.79. The number of methoxy groups -OCH3 is 1. The van der Waals surface area contributed by atoms with Gasteiger partial charge in [0.25, 0.3) is 0 Å². The Morgan fingerprint density at radius 1 is 1.28 bits per heavy atom. The van der Waals surface area contributed by atoms with Gasteiger partial charge in [-0.3, -0.25) is 0 Å². The number of fused-ring (bicyclic) bond motifs is 1. The molecule has 25 heavy (non-hydrogen) atoms. The van der Waals surface area contributed by atoms with Gasteiger partial charge >= 0.3 is 0 Å². The van der Waals surface area contributed by atoms with Crippen LogP contribution in [0.1, 0.15) is 25.4 Å². The maximum absolute atomic E-state index is 9.26. The lowest BCUT2D eigenvalue weighted by molar-refractivity contribution is 0.137. The maximum Gasteiger partial charge on any atom is 0.226 e. The van der Waals surface area contributed by atoms with Crippen LogP contribution in [-0.4, -0.2) is 48.4 Å². The molecule has 1 aliphatic heterocycles. The predicted molar refractivity (Wildman–Crippen MR) is 96.8 cm³/mol. The molecule has 0 N–H and O–H groups in total. The van der Waals surface area contributed by atoms with Gasteiger partial charge in [-0.2, -0.15) is 5.26 Å². The molecular formula is C18H25N5O2. The molecule has 1 fully saturated rings. The number of nitrogens with zero attached hydrogens (tertiary/aromatic N) is 5. The van der Waals surface area contributed by atoms with Crippen molar-refractivity contribution in [1.29, 1.82) is 5.26 Å². The van der Waals surface area contributed by atoms with Gasteiger partial charge in [0, 0.05) is 18.8 Å². The van der Waals surface area contributed by atoms with Gasteiger partial charge in [-0.15, -0.1) is 0 Å². The Bertz CT molecular complexity index is 767. The Morgan fingerprint density at radius 3 is 2.72 bits per heavy atom. The van der Waals surface area contributed by atoms with E-state index in [4.69, 9.17) is 9.47 Å². The molecule has 0 spiro atoms. The molecule has 0 radical (unpaired) electrons. The van der Waals surface area contributed by atoms with Crippen LogP contribution in [0.4, 0.5) is 5.82 Å². The molecule has 1 unspecified atom stereocenters. The average Bonchev–Trinajstić information content (AvgIpc) is 2.87. The number of nitriles is 1. The summed E-state index contributed by atoms with van der Waals surface area (Å²) in [6.07, 6.45) is 0. The molecule has 7 heteroatoms. The Hall–Kier alpha value is -2.46. The van der Waals surface area contributed by atoms with Gasteiger partial charge in [0.05, 0.1) is 37.8 Å². The average molecular weight is 343 g/mol. The zero-order valence-electron chi connectivity index (χ0n) is 15.5. The van der Waals surface area contributed by atoms with Crippen LogP contribution < -0.4 is 9.64 Å². The highest BCUT2D eigenvalue weighted by atomic mass is 16.5. The summed E-state index contributed by atoms with van der Waals surface area (Å²) in [6.45, 7) is 10.0. The van der Waals surface area contributed by atoms with E-state index in [1.54, 1.807) is 7.11 Å². The molecule has 0 saturated carbocycles. The molecule has 0 bridgehead atoms. The van der Waals surface area contributed by atoms with E-state index in [-0.39, 0.29) is 5.92 Å². The van der Waals surface area contributed by atoms with E-state index < -0.39 is 0 Å². The standard InChI is InChI=1S/C16H19N5O2.C2H6/c1-10-6-13-14(16(18-10)22-3)15(20-11(2)19-13)21-4-5-23-9-12(7-17)8-21;1-2/h6,12H,4-5,8-9H2,1-3H3;1-2H3. The number of pyridine rings is 1. The quantitative estimate of drug-likeness (QED) is 0.828. The largest absolute Gasteiger partial charge is 0.480 e. The lowest BCUT2D eigenvalue weighted by Crippen LogP contribution is -2.30. The highest BCUT2D eigenvalue weighted by Crippen LogP contribution is 2.32. The van der Waals surface area contributed by atoms with Crippen molar-refractivity contribution in [3.05, 3.63) is 17.6 Å². The number of anilines is 1. The number of aromatic nitrogens is 3. The molecule has 3 rings (SSSR count). The molecular weight excluding hydrogens is 318 g/mol. The molecule has 7 nitrogen and oxygen atoms in total. The summed E-state index contributed by atoms with van der Waals surface area (Å²) in [4.78, 5) is 15.6. The molecule has 1 aliphatic rings. The van der Waals surface area contributed by atoms with E-state index in [9.17, 15) is 5.26 Å². The van der Waals surface area contributed by atoms with E-state index in [2.05, 4.69) is 25.9 Å². The second-order valence-corrected chi connectivity index (χ2v) is 5.61. The first-order chi connectivity index (χ1) is 12.1. The number of hydrogen-bond acceptors (Lipinski definition) is 7. The highest BCUT2D eigenvalue weighted by molar-refractivity contribution is 5.94. The van der Waals surface area contributed by atoms with Crippen LogP contribution in [-0.2, 0) is 4.74 Å². The first-order valence-corrected chi connectivity index (χ1v) is 8.54. The smallest absolute Gasteiger partial charge is 0.226 e. The molecule has 0 aromatic carbocycles. The molecule has 0 amide bonds. The number of rotatable bonds is 2. The van der Waals surface area contributed by atoms with Crippen LogP contribution in [0.5, 0.6) is 5.88 Å². The fourth-order valence-electron chi connectivity index (χ4n) is 2.79. The lowest BCUT2D eigenvalue weighted by Gasteiger charge is -2.24. The van der Waals surface area contributed by atoms with E-state index in [1.807, 2.05) is 33.8 Å². The van der Waals surface area contributed by atoms with Crippen LogP contribution in [0.25, 0.3) is 10.9 Å². The topological polar surface area (TPSA) is 84.2 Å². The van der Waals surface area contributed by atoms with E-state index in [0.29, 0.717) is 38.0 Å². The summed E-state index contributed by atoms with van der Waals surface area (Å²) in [6, 6.07) is 4.21. The van der Waals surface area contributed by atoms with E-state index in [0.717, 1.165) is 22.4 Å². The van der Waals surface area contributed by atoms with Gasteiger partial charge in [-0.05, 0) is 19.9 Å². The minimum Gasteiger partial charge on any atom is -0.480 e. The first kappa shape index (κ1) is 18.9. The van der Waals surface area contributed by atoms with Crippen molar-refractivity contribution >= 4 is 16.7 Å². The molecule has 0 aliphatic carbocycles. The lowest BCUT2D eigenvalue weighted by atomic mass is 10.1. The number of hydrogen-bond donors (Lipinski definition) is 0. The van der Waals surface area contributed by atoms with Crippen molar-refractivity contribution in [2.75, 3.05) is 38.3 Å². The molecule has 2 aromatic heterocycles. The van der Waals surface area contributed by atoms with Crippen LogP contribution in [0.2, 0.25) is 0 Å². The van der Waals surface area contributed by atoms with Crippen molar-refractivity contribution < 1.29 is 9.47 Å². The summed E-state index contributed by atoms with van der Waals surface area (Å²) in [5.41, 5.74) is 1.64. The van der Waals surface area contributed by atoms with Crippen molar-refractivity contribution in [1.82, 2.24) is 15.0 Å². The van der Waals surface area contributed by atoms with E-state index in [1.165, 1.54) is 0 Å². The zero-order chi connectivity index (χ0) is 18.4. The molecule has 1 atom stereocenters. The summed E-state index contributed by atoms with van der Waals surface area (Å²) < 4.78 is 11.0. The zero-order valence-corrected chi connectivity index (χ0v) is 15.5. The van der Waals surface area contributed by atoms with Crippen LogP contribution >= 0.6 is 0 Å². The summed E-state index contributed by atoms with van der Waals surface area (Å²) >= 11 is 0. The third-order valence-corrected chi connectivity index (χ3v) is 3.81. The van der Waals surface area contributed by atoms with Crippen LogP contribution in [0, 0.1) is 31.1 Å². The number of ether oxygens (including phenoxy) is 2. The molecule has 2 aromatic rings. The fraction of sp³-hybridized carbons (Fsp3) is 0.556. The highest BCUT2D eigenvalue weighted by Gasteiger charge is 2.23. The molecule has 3 heterocycles. The van der Waals surface area contributed by atoms with Gasteiger partial charge in [-0.1, -0.05) is 13.8 Å². The van der Waals surface area contributed by atoms with Crippen LogP contribution in [0.3, 0.4) is 0 Å². The Labute approximate surface area is 148 Å². The van der Waals surface area contributed by atoms with Gasteiger partial charge in [0.1, 0.15) is 17.0 Å². The van der Waals surface area contributed by atoms with Gasteiger partial charge < -0.3 is 14.4 Å². The Balaban J connectivity index is 0.00000109. The summed E-state index contributed by atoms with van der Waals surface area (Å²) in [7, 11) is 1.59. The second kappa shape index (κ2) is 8.58. The van der Waals surface area contributed by atoms with Crippen molar-refractivity contribution in [3.63, 3.8) is 0 Å². The van der Waals surface area contributed by atoms with Crippen molar-refractivity contribution in [2.45, 2.75) is 27.7 Å². The second-order valence-electron chi connectivity index (χ2n) is 5.61. The SMILES string of the molecule is CC.COc1nc(C)cc2nc(C)nc(N3CCOCC(C#N)C3)c12. The molecule has 134 valence electrons. The van der Waals surface area contributed by atoms with Crippen molar-refractivity contribution in [3.8, 4) is 11.9 Å².